The van der Waals surface area contributed by atoms with Crippen LogP contribution in [-0.4, -0.2) is 75.4 Å². The smallest absolute Gasteiger partial charge is 0.214 e. The Morgan fingerprint density at radius 1 is 0.962 bits per heavy atom. The number of nitrogens with two attached hydrogens (primary N) is 1. The lowest BCUT2D eigenvalue weighted by Crippen LogP contribution is -2.47. The van der Waals surface area contributed by atoms with Crippen LogP contribution >= 0.6 is 0 Å². The van der Waals surface area contributed by atoms with Crippen LogP contribution in [0.4, 0.5) is 0 Å². The first kappa shape index (κ1) is 22.1. The lowest BCUT2D eigenvalue weighted by Gasteiger charge is -2.33. The number of morpholine rings is 1. The molecule has 2 rings (SSSR count). The van der Waals surface area contributed by atoms with Crippen LogP contribution in [-0.2, 0) is 14.8 Å². The molecule has 2 fully saturated rings. The molecule has 6 nitrogen and oxygen atoms in total. The molecule has 0 atom stereocenters. The zero-order valence-corrected chi connectivity index (χ0v) is 17.2. The quantitative estimate of drug-likeness (QED) is 0.433. The molecule has 2 aliphatic rings. The molecule has 154 valence electrons. The Labute approximate surface area is 160 Å². The van der Waals surface area contributed by atoms with E-state index in [1.54, 1.807) is 0 Å². The average molecular weight is 390 g/mol. The molecule has 2 N–H and O–H groups in total. The van der Waals surface area contributed by atoms with Crippen LogP contribution in [0.15, 0.2) is 0 Å². The van der Waals surface area contributed by atoms with Gasteiger partial charge in [0, 0.05) is 32.2 Å². The minimum absolute atomic E-state index is 0.201. The van der Waals surface area contributed by atoms with E-state index < -0.39 is 10.0 Å². The fourth-order valence-electron chi connectivity index (χ4n) is 4.06. The maximum Gasteiger partial charge on any atom is 0.214 e. The first-order chi connectivity index (χ1) is 12.6. The minimum atomic E-state index is -3.18. The van der Waals surface area contributed by atoms with Gasteiger partial charge in [0.1, 0.15) is 0 Å². The van der Waals surface area contributed by atoms with Crippen molar-refractivity contribution in [2.24, 2.45) is 5.73 Å². The standard InChI is InChI=1S/C19H39N3O3S/c20-11-7-3-4-8-18-26(23,24)22(19-9-5-1-2-6-10-19)13-12-21-14-16-25-17-15-21/h19H,1-18,20H2. The zero-order chi connectivity index (χ0) is 18.7. The summed E-state index contributed by atoms with van der Waals surface area (Å²) in [6.07, 6.45) is 10.6. The highest BCUT2D eigenvalue weighted by Gasteiger charge is 2.30. The summed E-state index contributed by atoms with van der Waals surface area (Å²) in [7, 11) is -3.18. The van der Waals surface area contributed by atoms with Crippen molar-refractivity contribution in [1.29, 1.82) is 0 Å². The summed E-state index contributed by atoms with van der Waals surface area (Å²) in [6, 6.07) is 0.201. The van der Waals surface area contributed by atoms with Gasteiger partial charge in [-0.2, -0.15) is 4.31 Å². The molecule has 0 unspecified atom stereocenters. The Bertz CT molecular complexity index is 459. The maximum atomic E-state index is 13.1. The van der Waals surface area contributed by atoms with E-state index in [1.165, 1.54) is 12.8 Å². The number of ether oxygens (including phenoxy) is 1. The van der Waals surface area contributed by atoms with Crippen molar-refractivity contribution in [2.45, 2.75) is 70.3 Å². The van der Waals surface area contributed by atoms with Gasteiger partial charge in [0.05, 0.1) is 19.0 Å². The largest absolute Gasteiger partial charge is 0.379 e. The Morgan fingerprint density at radius 3 is 2.27 bits per heavy atom. The summed E-state index contributed by atoms with van der Waals surface area (Å²) in [4.78, 5) is 2.34. The summed E-state index contributed by atoms with van der Waals surface area (Å²) < 4.78 is 33.5. The first-order valence-corrected chi connectivity index (χ1v) is 12.2. The monoisotopic (exact) mass is 389 g/mol. The third kappa shape index (κ3) is 7.80. The maximum absolute atomic E-state index is 13.1. The zero-order valence-electron chi connectivity index (χ0n) is 16.4. The van der Waals surface area contributed by atoms with Crippen LogP contribution in [0.2, 0.25) is 0 Å². The predicted molar refractivity (Wildman–Crippen MR) is 107 cm³/mol. The van der Waals surface area contributed by atoms with Gasteiger partial charge in [-0.1, -0.05) is 38.5 Å². The molecule has 0 amide bonds. The van der Waals surface area contributed by atoms with Gasteiger partial charge in [-0.05, 0) is 32.2 Å². The lowest BCUT2D eigenvalue weighted by atomic mass is 10.1. The Kier molecular flexibility index (Phi) is 10.4. The average Bonchev–Trinajstić information content (AvgIpc) is 2.92. The molecule has 0 aromatic rings. The fraction of sp³-hybridized carbons (Fsp3) is 1.00. The molecule has 1 aliphatic heterocycles. The number of nitrogens with zero attached hydrogens (tertiary/aromatic N) is 2. The van der Waals surface area contributed by atoms with E-state index in [4.69, 9.17) is 10.5 Å². The summed E-state index contributed by atoms with van der Waals surface area (Å²) in [5, 5.41) is 0. The molecular weight excluding hydrogens is 350 g/mol. The number of sulfonamides is 1. The van der Waals surface area contributed by atoms with Gasteiger partial charge in [-0.15, -0.1) is 0 Å². The third-order valence-electron chi connectivity index (χ3n) is 5.69. The Balaban J connectivity index is 1.93. The van der Waals surface area contributed by atoms with Crippen molar-refractivity contribution in [1.82, 2.24) is 9.21 Å². The number of hydrogen-bond donors (Lipinski definition) is 1. The predicted octanol–water partition coefficient (Wildman–Crippen LogP) is 2.19. The van der Waals surface area contributed by atoms with Crippen molar-refractivity contribution in [2.75, 3.05) is 51.7 Å². The second kappa shape index (κ2) is 12.3. The van der Waals surface area contributed by atoms with Gasteiger partial charge in [0.25, 0.3) is 0 Å². The molecule has 1 saturated carbocycles. The molecule has 7 heteroatoms. The van der Waals surface area contributed by atoms with Crippen molar-refractivity contribution < 1.29 is 13.2 Å². The molecule has 0 aromatic carbocycles. The minimum Gasteiger partial charge on any atom is -0.379 e. The Morgan fingerprint density at radius 2 is 1.62 bits per heavy atom. The van der Waals surface area contributed by atoms with Crippen molar-refractivity contribution >= 4 is 10.0 Å². The molecule has 1 heterocycles. The van der Waals surface area contributed by atoms with Crippen LogP contribution < -0.4 is 5.73 Å². The summed E-state index contributed by atoms with van der Waals surface area (Å²) in [5.74, 6) is 0.289. The van der Waals surface area contributed by atoms with E-state index in [1.807, 2.05) is 4.31 Å². The number of hydrogen-bond acceptors (Lipinski definition) is 5. The van der Waals surface area contributed by atoms with Crippen LogP contribution in [0.5, 0.6) is 0 Å². The van der Waals surface area contributed by atoms with E-state index in [0.717, 1.165) is 84.2 Å². The highest BCUT2D eigenvalue weighted by atomic mass is 32.2. The van der Waals surface area contributed by atoms with E-state index in [-0.39, 0.29) is 11.8 Å². The van der Waals surface area contributed by atoms with E-state index in [9.17, 15) is 8.42 Å². The second-order valence-corrected chi connectivity index (χ2v) is 9.77. The first-order valence-electron chi connectivity index (χ1n) is 10.6. The van der Waals surface area contributed by atoms with Gasteiger partial charge in [-0.25, -0.2) is 8.42 Å². The van der Waals surface area contributed by atoms with Gasteiger partial charge >= 0.3 is 0 Å². The molecule has 1 aliphatic carbocycles. The van der Waals surface area contributed by atoms with Crippen LogP contribution in [0.25, 0.3) is 0 Å². The third-order valence-corrected chi connectivity index (χ3v) is 7.69. The van der Waals surface area contributed by atoms with Crippen molar-refractivity contribution in [3.63, 3.8) is 0 Å². The molecule has 0 bridgehead atoms. The van der Waals surface area contributed by atoms with E-state index in [2.05, 4.69) is 4.90 Å². The number of unbranched alkanes of at least 4 members (excludes halogenated alkanes) is 3. The van der Waals surface area contributed by atoms with Gasteiger partial charge in [0.15, 0.2) is 0 Å². The molecule has 1 saturated heterocycles. The molecule has 26 heavy (non-hydrogen) atoms. The van der Waals surface area contributed by atoms with E-state index >= 15 is 0 Å². The molecule has 0 radical (unpaired) electrons. The van der Waals surface area contributed by atoms with Crippen molar-refractivity contribution in [3.05, 3.63) is 0 Å². The molecule has 0 spiro atoms. The molecule has 0 aromatic heterocycles. The summed E-state index contributed by atoms with van der Waals surface area (Å²) in [5.41, 5.74) is 5.53. The van der Waals surface area contributed by atoms with Gasteiger partial charge in [0.2, 0.25) is 10.0 Å². The highest BCUT2D eigenvalue weighted by molar-refractivity contribution is 7.89. The van der Waals surface area contributed by atoms with Crippen LogP contribution in [0.3, 0.4) is 0 Å². The van der Waals surface area contributed by atoms with Crippen molar-refractivity contribution in [3.8, 4) is 0 Å². The molecular formula is C19H39N3O3S. The summed E-state index contributed by atoms with van der Waals surface area (Å²) >= 11 is 0. The van der Waals surface area contributed by atoms with Crippen LogP contribution in [0.1, 0.15) is 64.2 Å². The van der Waals surface area contributed by atoms with Gasteiger partial charge < -0.3 is 10.5 Å². The van der Waals surface area contributed by atoms with Crippen LogP contribution in [0, 0.1) is 0 Å². The lowest BCUT2D eigenvalue weighted by molar-refractivity contribution is 0.0351. The summed E-state index contributed by atoms with van der Waals surface area (Å²) in [6.45, 7) is 5.51. The SMILES string of the molecule is NCCCCCCS(=O)(=O)N(CCN1CCOCC1)C1CCCCCC1. The highest BCUT2D eigenvalue weighted by Crippen LogP contribution is 2.25. The Hall–Kier alpha value is -0.210. The fourth-order valence-corrected chi connectivity index (χ4v) is 5.89. The van der Waals surface area contributed by atoms with Gasteiger partial charge in [-0.3, -0.25) is 4.90 Å². The topological polar surface area (TPSA) is 75.9 Å². The second-order valence-electron chi connectivity index (χ2n) is 7.73. The van der Waals surface area contributed by atoms with E-state index in [0.29, 0.717) is 13.1 Å². The normalized spacial score (nSPS) is 21.2. The number of rotatable bonds is 11.